The normalized spacial score (nSPS) is 22.4. The van der Waals surface area contributed by atoms with Gasteiger partial charge in [-0.15, -0.1) is 13.2 Å². The van der Waals surface area contributed by atoms with Crippen LogP contribution in [0.2, 0.25) is 0 Å². The Labute approximate surface area is 195 Å². The average molecular weight is 490 g/mol. The third-order valence-electron chi connectivity index (χ3n) is 6.65. The maximum Gasteiger partial charge on any atom is 0.573 e. The second kappa shape index (κ2) is 8.41. The molecule has 0 heterocycles. The maximum absolute atomic E-state index is 12.9. The summed E-state index contributed by atoms with van der Waals surface area (Å²) in [5, 5.41) is 11.2. The molecule has 3 atom stereocenters. The van der Waals surface area contributed by atoms with Crippen LogP contribution in [0.3, 0.4) is 0 Å². The van der Waals surface area contributed by atoms with E-state index in [0.29, 0.717) is 12.8 Å². The van der Waals surface area contributed by atoms with E-state index < -0.39 is 34.3 Å². The number of aliphatic hydroxyl groups is 1. The summed E-state index contributed by atoms with van der Waals surface area (Å²) >= 11 is 0. The molecule has 2 aliphatic rings. The second-order valence-electron chi connectivity index (χ2n) is 8.63. The highest BCUT2D eigenvalue weighted by atomic mass is 32.2. The number of fused-ring (bicyclic) bond motifs is 3. The van der Waals surface area contributed by atoms with Gasteiger partial charge in [-0.1, -0.05) is 48.5 Å². The zero-order chi connectivity index (χ0) is 24.1. The molecule has 0 aliphatic heterocycles. The van der Waals surface area contributed by atoms with Gasteiger partial charge in [0, 0.05) is 12.0 Å². The van der Waals surface area contributed by atoms with Crippen LogP contribution in [0.25, 0.3) is 11.1 Å². The summed E-state index contributed by atoms with van der Waals surface area (Å²) in [7, 11) is -4.05. The molecule has 3 aromatic carbocycles. The third-order valence-corrected chi connectivity index (χ3v) is 8.15. The number of nitrogens with one attached hydrogen (secondary N) is 1. The molecule has 0 spiro atoms. The first kappa shape index (κ1) is 22.9. The molecule has 34 heavy (non-hydrogen) atoms. The molecule has 2 N–H and O–H groups in total. The largest absolute Gasteiger partial charge is 0.573 e. The summed E-state index contributed by atoms with van der Waals surface area (Å²) in [4.78, 5) is -0.200. The molecule has 0 radical (unpaired) electrons. The van der Waals surface area contributed by atoms with Gasteiger partial charge >= 0.3 is 6.36 Å². The van der Waals surface area contributed by atoms with Crippen LogP contribution < -0.4 is 9.46 Å². The number of rotatable bonds is 5. The van der Waals surface area contributed by atoms with E-state index in [1.165, 1.54) is 0 Å². The van der Waals surface area contributed by atoms with Crippen LogP contribution in [-0.4, -0.2) is 32.0 Å². The van der Waals surface area contributed by atoms with Crippen LogP contribution in [0.1, 0.15) is 29.9 Å². The van der Waals surface area contributed by atoms with Crippen LogP contribution in [0, 0.1) is 5.92 Å². The average Bonchev–Trinajstić information content (AvgIpc) is 3.30. The number of hydrogen-bond donors (Lipinski definition) is 2. The quantitative estimate of drug-likeness (QED) is 0.539. The van der Waals surface area contributed by atoms with Crippen LogP contribution >= 0.6 is 0 Å². The lowest BCUT2D eigenvalue weighted by Gasteiger charge is -2.27. The molecule has 5 nitrogen and oxygen atoms in total. The predicted molar refractivity (Wildman–Crippen MR) is 120 cm³/mol. The summed E-state index contributed by atoms with van der Waals surface area (Å²) in [6.07, 6.45) is -4.72. The Hall–Kier alpha value is -2.88. The number of aliphatic hydroxyl groups excluding tert-OH is 1. The Morgan fingerprint density at radius 2 is 1.41 bits per heavy atom. The molecule has 0 aromatic heterocycles. The van der Waals surface area contributed by atoms with E-state index >= 15 is 0 Å². The molecule has 0 amide bonds. The van der Waals surface area contributed by atoms with E-state index in [1.54, 1.807) is 0 Å². The van der Waals surface area contributed by atoms with E-state index in [-0.39, 0.29) is 16.7 Å². The number of sulfonamides is 1. The first-order valence-corrected chi connectivity index (χ1v) is 12.4. The predicted octanol–water partition coefficient (Wildman–Crippen LogP) is 4.82. The lowest BCUT2D eigenvalue weighted by Crippen LogP contribution is -2.42. The lowest BCUT2D eigenvalue weighted by molar-refractivity contribution is -0.274. The summed E-state index contributed by atoms with van der Waals surface area (Å²) in [5.74, 6) is -0.734. The van der Waals surface area contributed by atoms with Crippen molar-refractivity contribution in [2.45, 2.75) is 42.2 Å². The van der Waals surface area contributed by atoms with Gasteiger partial charge in [-0.05, 0) is 65.3 Å². The standard InChI is InChI=1S/C25H22F3NO4S/c26-25(27,28)33-15-9-11-16(12-10-15)34(31,32)29-22-14-13-21(24(22)30)23-19-7-3-1-5-17(19)18-6-2-4-8-20(18)23/h1-12,21-24,29-30H,13-14H2/t21-,22-,24-/m1/s1. The van der Waals surface area contributed by atoms with Gasteiger partial charge in [0.1, 0.15) is 5.75 Å². The molecule has 9 heteroatoms. The van der Waals surface area contributed by atoms with Gasteiger partial charge in [0.05, 0.1) is 11.0 Å². The first-order valence-electron chi connectivity index (χ1n) is 10.9. The van der Waals surface area contributed by atoms with E-state index in [4.69, 9.17) is 0 Å². The van der Waals surface area contributed by atoms with Crippen LogP contribution in [0.4, 0.5) is 13.2 Å². The second-order valence-corrected chi connectivity index (χ2v) is 10.3. The van der Waals surface area contributed by atoms with Crippen LogP contribution in [-0.2, 0) is 10.0 Å². The van der Waals surface area contributed by atoms with Crippen molar-refractivity contribution in [3.8, 4) is 16.9 Å². The Bertz CT molecular complexity index is 1260. The van der Waals surface area contributed by atoms with E-state index in [1.807, 2.05) is 24.3 Å². The molecule has 3 aromatic rings. The number of halogens is 3. The molecular weight excluding hydrogens is 467 g/mol. The smallest absolute Gasteiger partial charge is 0.406 e. The maximum atomic E-state index is 12.9. The highest BCUT2D eigenvalue weighted by molar-refractivity contribution is 7.89. The molecule has 0 unspecified atom stereocenters. The zero-order valence-corrected chi connectivity index (χ0v) is 18.7. The number of alkyl halides is 3. The Morgan fingerprint density at radius 1 is 0.853 bits per heavy atom. The van der Waals surface area contributed by atoms with Crippen LogP contribution in [0.15, 0.2) is 77.7 Å². The number of benzene rings is 3. The van der Waals surface area contributed by atoms with Crippen LogP contribution in [0.5, 0.6) is 5.75 Å². The Morgan fingerprint density at radius 3 is 1.97 bits per heavy atom. The summed E-state index contributed by atoms with van der Waals surface area (Å²) < 4.78 is 69.2. The minimum absolute atomic E-state index is 0.0456. The molecule has 1 fully saturated rings. The minimum atomic E-state index is -4.86. The Balaban J connectivity index is 1.35. The Kier molecular flexibility index (Phi) is 5.66. The fourth-order valence-corrected chi connectivity index (χ4v) is 6.53. The van der Waals surface area contributed by atoms with Gasteiger partial charge in [0.15, 0.2) is 0 Å². The lowest BCUT2D eigenvalue weighted by atomic mass is 9.82. The monoisotopic (exact) mass is 489 g/mol. The minimum Gasteiger partial charge on any atom is -0.406 e. The fraction of sp³-hybridized carbons (Fsp3) is 0.280. The SMILES string of the molecule is O=S(=O)(N[C@@H]1CC[C@H](C2c3ccccc3-c3ccccc32)[C@H]1O)c1ccc(OC(F)(F)F)cc1. The molecule has 2 aliphatic carbocycles. The van der Waals surface area contributed by atoms with E-state index in [9.17, 15) is 26.7 Å². The molecule has 0 bridgehead atoms. The van der Waals surface area contributed by atoms with Crippen molar-refractivity contribution in [2.24, 2.45) is 5.92 Å². The third kappa shape index (κ3) is 4.19. The van der Waals surface area contributed by atoms with Crippen molar-refractivity contribution in [3.05, 3.63) is 83.9 Å². The molecule has 5 rings (SSSR count). The van der Waals surface area contributed by atoms with Gasteiger partial charge in [-0.2, -0.15) is 0 Å². The van der Waals surface area contributed by atoms with Crippen molar-refractivity contribution in [3.63, 3.8) is 0 Å². The van der Waals surface area contributed by atoms with Gasteiger partial charge in [0.2, 0.25) is 10.0 Å². The first-order chi connectivity index (χ1) is 16.1. The van der Waals surface area contributed by atoms with Crippen molar-refractivity contribution in [2.75, 3.05) is 0 Å². The van der Waals surface area contributed by atoms with Crippen molar-refractivity contribution >= 4 is 10.0 Å². The summed E-state index contributed by atoms with van der Waals surface area (Å²) in [6, 6.07) is 19.4. The van der Waals surface area contributed by atoms with Gasteiger partial charge < -0.3 is 9.84 Å². The summed E-state index contributed by atoms with van der Waals surface area (Å²) in [5.41, 5.74) is 4.49. The highest BCUT2D eigenvalue weighted by Crippen LogP contribution is 2.52. The number of hydrogen-bond acceptors (Lipinski definition) is 4. The zero-order valence-electron chi connectivity index (χ0n) is 17.9. The van der Waals surface area contributed by atoms with E-state index in [2.05, 4.69) is 33.7 Å². The van der Waals surface area contributed by atoms with Crippen molar-refractivity contribution in [1.82, 2.24) is 4.72 Å². The van der Waals surface area contributed by atoms with E-state index in [0.717, 1.165) is 46.5 Å². The van der Waals surface area contributed by atoms with Gasteiger partial charge in [0.25, 0.3) is 0 Å². The summed E-state index contributed by atoms with van der Waals surface area (Å²) in [6.45, 7) is 0. The fourth-order valence-electron chi connectivity index (χ4n) is 5.25. The van der Waals surface area contributed by atoms with Gasteiger partial charge in [-0.25, -0.2) is 13.1 Å². The molecular formula is C25H22F3NO4S. The van der Waals surface area contributed by atoms with Crippen molar-refractivity contribution in [1.29, 1.82) is 0 Å². The van der Waals surface area contributed by atoms with Gasteiger partial charge in [-0.3, -0.25) is 0 Å². The van der Waals surface area contributed by atoms with Crippen molar-refractivity contribution < 1.29 is 31.4 Å². The molecule has 1 saturated carbocycles. The number of ether oxygens (including phenoxy) is 1. The molecule has 178 valence electrons. The molecule has 0 saturated heterocycles. The topological polar surface area (TPSA) is 75.6 Å². The highest BCUT2D eigenvalue weighted by Gasteiger charge is 2.45.